The molecule has 0 aliphatic carbocycles. The summed E-state index contributed by atoms with van der Waals surface area (Å²) < 4.78 is 13.0. The average molecular weight is 350 g/mol. The minimum atomic E-state index is -0.300. The lowest BCUT2D eigenvalue weighted by molar-refractivity contribution is 0.0941. The highest BCUT2D eigenvalue weighted by Crippen LogP contribution is 2.25. The highest BCUT2D eigenvalue weighted by atomic mass is 35.5. The molecule has 1 aromatic heterocycles. The van der Waals surface area contributed by atoms with Crippen LogP contribution in [0.4, 0.5) is 4.39 Å². The van der Waals surface area contributed by atoms with Crippen molar-refractivity contribution in [3.8, 4) is 11.3 Å². The average Bonchev–Trinajstić information content (AvgIpc) is 3.19. The van der Waals surface area contributed by atoms with E-state index in [2.05, 4.69) is 22.1 Å². The van der Waals surface area contributed by atoms with E-state index in [1.54, 1.807) is 18.2 Å². The summed E-state index contributed by atoms with van der Waals surface area (Å²) in [6.07, 6.45) is 2.28. The Morgan fingerprint density at radius 2 is 2.17 bits per heavy atom. The van der Waals surface area contributed by atoms with Crippen LogP contribution in [0.2, 0.25) is 5.15 Å². The number of benzene rings is 1. The van der Waals surface area contributed by atoms with Gasteiger partial charge in [0.15, 0.2) is 0 Å². The summed E-state index contributed by atoms with van der Waals surface area (Å²) in [5.41, 5.74) is 1.89. The Morgan fingerprint density at radius 1 is 1.42 bits per heavy atom. The van der Waals surface area contributed by atoms with Crippen molar-refractivity contribution in [1.29, 1.82) is 0 Å². The number of halogens is 2. The Hall–Kier alpha value is -1.85. The number of amides is 1. The number of nitrogens with zero attached hydrogens (tertiary/aromatic N) is 1. The van der Waals surface area contributed by atoms with Crippen molar-refractivity contribution in [3.63, 3.8) is 0 Å². The van der Waals surface area contributed by atoms with Crippen LogP contribution in [0, 0.1) is 5.82 Å². The summed E-state index contributed by atoms with van der Waals surface area (Å²) in [5, 5.41) is 3.27. The molecule has 2 heterocycles. The van der Waals surface area contributed by atoms with Gasteiger partial charge in [-0.3, -0.25) is 9.69 Å². The third-order valence-electron chi connectivity index (χ3n) is 4.57. The van der Waals surface area contributed by atoms with E-state index in [0.29, 0.717) is 29.0 Å². The third kappa shape index (κ3) is 3.62. The summed E-state index contributed by atoms with van der Waals surface area (Å²) in [6.45, 7) is 4.86. The third-order valence-corrected chi connectivity index (χ3v) is 4.87. The molecular weight excluding hydrogens is 329 g/mol. The van der Waals surface area contributed by atoms with Crippen LogP contribution in [0.15, 0.2) is 30.3 Å². The standard InChI is InChI=1S/C18H21ClFN3O/c1-2-23-9-3-4-14(23)11-21-18(24)15-10-16(22-17(15)19)12-5-7-13(20)8-6-12/h5-8,10,14,22H,2-4,9,11H2,1H3,(H,21,24). The number of carbonyl (C=O) groups is 1. The fourth-order valence-corrected chi connectivity index (χ4v) is 3.47. The van der Waals surface area contributed by atoms with Crippen molar-refractivity contribution >= 4 is 17.5 Å². The molecule has 0 bridgehead atoms. The van der Waals surface area contributed by atoms with Gasteiger partial charge in [-0.2, -0.15) is 0 Å². The maximum absolute atomic E-state index is 13.0. The second kappa shape index (κ2) is 7.36. The second-order valence-electron chi connectivity index (χ2n) is 6.05. The Morgan fingerprint density at radius 3 is 2.88 bits per heavy atom. The molecule has 1 aliphatic heterocycles. The Kier molecular flexibility index (Phi) is 5.21. The van der Waals surface area contributed by atoms with Gasteiger partial charge >= 0.3 is 0 Å². The molecule has 128 valence electrons. The molecule has 3 rings (SSSR count). The van der Waals surface area contributed by atoms with Crippen molar-refractivity contribution in [2.24, 2.45) is 0 Å². The lowest BCUT2D eigenvalue weighted by atomic mass is 10.1. The van der Waals surface area contributed by atoms with Gasteiger partial charge in [-0.05, 0) is 61.8 Å². The minimum absolute atomic E-state index is 0.187. The molecule has 1 atom stereocenters. The molecule has 24 heavy (non-hydrogen) atoms. The fraction of sp³-hybridized carbons (Fsp3) is 0.389. The Bertz CT molecular complexity index is 714. The first-order valence-electron chi connectivity index (χ1n) is 8.25. The van der Waals surface area contributed by atoms with Crippen molar-refractivity contribution in [2.45, 2.75) is 25.8 Å². The molecule has 1 aliphatic rings. The summed E-state index contributed by atoms with van der Waals surface area (Å²) in [5.74, 6) is -0.487. The van der Waals surface area contributed by atoms with Crippen LogP contribution < -0.4 is 5.32 Å². The predicted molar refractivity (Wildman–Crippen MR) is 93.8 cm³/mol. The number of hydrogen-bond acceptors (Lipinski definition) is 2. The van der Waals surface area contributed by atoms with Crippen LogP contribution in [0.5, 0.6) is 0 Å². The number of aromatic nitrogens is 1. The number of rotatable bonds is 5. The lowest BCUT2D eigenvalue weighted by Gasteiger charge is -2.22. The Balaban J connectivity index is 1.68. The van der Waals surface area contributed by atoms with Gasteiger partial charge in [0.25, 0.3) is 5.91 Å². The van der Waals surface area contributed by atoms with E-state index in [1.807, 2.05) is 0 Å². The first kappa shape index (κ1) is 17.0. The van der Waals surface area contributed by atoms with Gasteiger partial charge in [-0.1, -0.05) is 18.5 Å². The monoisotopic (exact) mass is 349 g/mol. The SMILES string of the molecule is CCN1CCCC1CNC(=O)c1cc(-c2ccc(F)cc2)[nH]c1Cl. The van der Waals surface area contributed by atoms with Crippen LogP contribution in [0.3, 0.4) is 0 Å². The van der Waals surface area contributed by atoms with Crippen LogP contribution >= 0.6 is 11.6 Å². The van der Waals surface area contributed by atoms with Gasteiger partial charge in [-0.25, -0.2) is 4.39 Å². The number of H-pyrrole nitrogens is 1. The highest BCUT2D eigenvalue weighted by Gasteiger charge is 2.24. The molecule has 6 heteroatoms. The van der Waals surface area contributed by atoms with Gasteiger partial charge in [0.1, 0.15) is 11.0 Å². The largest absolute Gasteiger partial charge is 0.350 e. The Labute approximate surface area is 146 Å². The number of hydrogen-bond donors (Lipinski definition) is 2. The maximum Gasteiger partial charge on any atom is 0.254 e. The topological polar surface area (TPSA) is 48.1 Å². The molecule has 4 nitrogen and oxygen atoms in total. The van der Waals surface area contributed by atoms with Crippen molar-refractivity contribution in [1.82, 2.24) is 15.2 Å². The zero-order valence-corrected chi connectivity index (χ0v) is 14.4. The van der Waals surface area contributed by atoms with E-state index in [-0.39, 0.29) is 11.7 Å². The molecule has 1 unspecified atom stereocenters. The first-order valence-corrected chi connectivity index (χ1v) is 8.63. The number of likely N-dealkylation sites (tertiary alicyclic amines) is 1. The van der Waals surface area contributed by atoms with Crippen molar-refractivity contribution in [2.75, 3.05) is 19.6 Å². The quantitative estimate of drug-likeness (QED) is 0.865. The normalized spacial score (nSPS) is 18.0. The molecule has 1 fully saturated rings. The molecule has 1 amide bonds. The summed E-state index contributed by atoms with van der Waals surface area (Å²) >= 11 is 6.17. The number of carbonyl (C=O) groups excluding carboxylic acids is 1. The zero-order valence-electron chi connectivity index (χ0n) is 13.6. The molecule has 0 radical (unpaired) electrons. The molecule has 2 N–H and O–H groups in total. The van der Waals surface area contributed by atoms with Gasteiger partial charge in [-0.15, -0.1) is 0 Å². The molecule has 0 spiro atoms. The molecule has 1 saturated heterocycles. The van der Waals surface area contributed by atoms with E-state index in [9.17, 15) is 9.18 Å². The van der Waals surface area contributed by atoms with Crippen molar-refractivity contribution < 1.29 is 9.18 Å². The molecule has 0 saturated carbocycles. The van der Waals surface area contributed by atoms with Crippen LogP contribution in [-0.2, 0) is 0 Å². The smallest absolute Gasteiger partial charge is 0.254 e. The molecule has 1 aromatic carbocycles. The number of aromatic amines is 1. The first-order chi connectivity index (χ1) is 11.6. The van der Waals surface area contributed by atoms with Crippen LogP contribution in [0.25, 0.3) is 11.3 Å². The van der Waals surface area contributed by atoms with E-state index < -0.39 is 0 Å². The zero-order chi connectivity index (χ0) is 17.1. The summed E-state index contributed by atoms with van der Waals surface area (Å²) in [4.78, 5) is 17.8. The van der Waals surface area contributed by atoms with Gasteiger partial charge in [0, 0.05) is 18.3 Å². The van der Waals surface area contributed by atoms with E-state index in [0.717, 1.165) is 25.1 Å². The van der Waals surface area contributed by atoms with Gasteiger partial charge < -0.3 is 10.3 Å². The summed E-state index contributed by atoms with van der Waals surface area (Å²) in [7, 11) is 0. The predicted octanol–water partition coefficient (Wildman–Crippen LogP) is 3.69. The highest BCUT2D eigenvalue weighted by molar-refractivity contribution is 6.33. The van der Waals surface area contributed by atoms with E-state index >= 15 is 0 Å². The van der Waals surface area contributed by atoms with E-state index in [4.69, 9.17) is 11.6 Å². The maximum atomic E-state index is 13.0. The second-order valence-corrected chi connectivity index (χ2v) is 6.43. The van der Waals surface area contributed by atoms with Gasteiger partial charge in [0.05, 0.1) is 5.56 Å². The minimum Gasteiger partial charge on any atom is -0.350 e. The number of nitrogens with one attached hydrogen (secondary N) is 2. The van der Waals surface area contributed by atoms with Crippen LogP contribution in [-0.4, -0.2) is 41.5 Å². The summed E-state index contributed by atoms with van der Waals surface area (Å²) in [6, 6.07) is 8.16. The number of likely N-dealkylation sites (N-methyl/N-ethyl adjacent to an activating group) is 1. The fourth-order valence-electron chi connectivity index (χ4n) is 3.23. The van der Waals surface area contributed by atoms with Gasteiger partial charge in [0.2, 0.25) is 0 Å². The molecule has 2 aromatic rings. The lowest BCUT2D eigenvalue weighted by Crippen LogP contribution is -2.40. The van der Waals surface area contributed by atoms with Crippen molar-refractivity contribution in [3.05, 3.63) is 46.9 Å². The molecular formula is C18H21ClFN3O. The van der Waals surface area contributed by atoms with Crippen LogP contribution in [0.1, 0.15) is 30.1 Å². The van der Waals surface area contributed by atoms with E-state index in [1.165, 1.54) is 18.6 Å².